The van der Waals surface area contributed by atoms with Gasteiger partial charge in [0.15, 0.2) is 16.6 Å². The van der Waals surface area contributed by atoms with Gasteiger partial charge in [0.2, 0.25) is 0 Å². The van der Waals surface area contributed by atoms with E-state index in [1.165, 1.54) is 22.6 Å². The first-order chi connectivity index (χ1) is 11.7. The molecule has 0 spiro atoms. The maximum atomic E-state index is 6.02. The van der Waals surface area contributed by atoms with Crippen LogP contribution in [0.4, 0.5) is 5.13 Å². The van der Waals surface area contributed by atoms with Crippen LogP contribution in [0, 0.1) is 0 Å². The molecule has 1 fully saturated rings. The van der Waals surface area contributed by atoms with E-state index in [0.717, 1.165) is 24.5 Å². The summed E-state index contributed by atoms with van der Waals surface area (Å²) < 4.78 is 10.9. The van der Waals surface area contributed by atoms with Gasteiger partial charge in [0.1, 0.15) is 0 Å². The summed E-state index contributed by atoms with van der Waals surface area (Å²) in [7, 11) is 3.36. The summed E-state index contributed by atoms with van der Waals surface area (Å²) in [6, 6.07) is 7.03. The van der Waals surface area contributed by atoms with Crippen LogP contribution in [0.3, 0.4) is 0 Å². The monoisotopic (exact) mass is 345 g/mol. The van der Waals surface area contributed by atoms with Gasteiger partial charge in [-0.3, -0.25) is 4.90 Å². The standard InChI is InChI=1S/C18H23N3O2S/c1-4-21-12-7-6-11(15-17(12)24-18(19)20-15)16(21)10-5-8-13(22-2)14(9-10)23-3/h5,8-9,11-12,16H,4,6-7H2,1-3H3,(H2,19,20). The van der Waals surface area contributed by atoms with Crippen LogP contribution in [-0.4, -0.2) is 30.6 Å². The molecule has 3 atom stereocenters. The van der Waals surface area contributed by atoms with E-state index in [1.54, 1.807) is 25.6 Å². The van der Waals surface area contributed by atoms with Crippen LogP contribution in [0.5, 0.6) is 11.5 Å². The normalized spacial score (nSPS) is 25.5. The van der Waals surface area contributed by atoms with Crippen molar-refractivity contribution in [2.75, 3.05) is 26.5 Å². The minimum atomic E-state index is 0.322. The molecule has 0 radical (unpaired) electrons. The van der Waals surface area contributed by atoms with Gasteiger partial charge in [0.25, 0.3) is 0 Å². The molecule has 5 rings (SSSR count). The van der Waals surface area contributed by atoms with Crippen molar-refractivity contribution in [3.05, 3.63) is 34.3 Å². The minimum Gasteiger partial charge on any atom is -0.493 e. The number of nitrogens with two attached hydrogens (primary N) is 1. The Bertz CT molecular complexity index is 761. The topological polar surface area (TPSA) is 60.6 Å². The number of benzene rings is 1. The zero-order valence-electron chi connectivity index (χ0n) is 14.3. The van der Waals surface area contributed by atoms with Crippen LogP contribution >= 0.6 is 11.3 Å². The summed E-state index contributed by atoms with van der Waals surface area (Å²) in [5.41, 5.74) is 8.50. The largest absolute Gasteiger partial charge is 0.493 e. The molecular weight excluding hydrogens is 322 g/mol. The smallest absolute Gasteiger partial charge is 0.180 e. The predicted octanol–water partition coefficient (Wildman–Crippen LogP) is 3.74. The summed E-state index contributed by atoms with van der Waals surface area (Å²) in [4.78, 5) is 8.64. The third-order valence-corrected chi connectivity index (χ3v) is 6.36. The zero-order valence-corrected chi connectivity index (χ0v) is 15.1. The molecule has 3 heterocycles. The molecule has 2 aliphatic heterocycles. The van der Waals surface area contributed by atoms with Gasteiger partial charge in [-0.2, -0.15) is 0 Å². The Labute approximate surface area is 146 Å². The predicted molar refractivity (Wildman–Crippen MR) is 95.9 cm³/mol. The molecule has 2 aromatic rings. The molecule has 0 saturated carbocycles. The maximum Gasteiger partial charge on any atom is 0.180 e. The van der Waals surface area contributed by atoms with E-state index in [-0.39, 0.29) is 0 Å². The Balaban J connectivity index is 1.80. The Morgan fingerprint density at radius 1 is 1.25 bits per heavy atom. The molecule has 1 saturated heterocycles. The molecule has 2 N–H and O–H groups in total. The second kappa shape index (κ2) is 5.93. The Morgan fingerprint density at radius 2 is 2.04 bits per heavy atom. The average Bonchev–Trinajstić information content (AvgIpc) is 3.03. The number of likely N-dealkylation sites (N-methyl/N-ethyl adjacent to an activating group) is 1. The van der Waals surface area contributed by atoms with Gasteiger partial charge in [-0.25, -0.2) is 4.98 Å². The number of hydrogen-bond acceptors (Lipinski definition) is 6. The zero-order chi connectivity index (χ0) is 16.8. The van der Waals surface area contributed by atoms with Crippen LogP contribution in [0.15, 0.2) is 18.2 Å². The van der Waals surface area contributed by atoms with Crippen molar-refractivity contribution in [1.29, 1.82) is 0 Å². The van der Waals surface area contributed by atoms with E-state index in [0.29, 0.717) is 23.1 Å². The van der Waals surface area contributed by atoms with E-state index in [9.17, 15) is 0 Å². The lowest BCUT2D eigenvalue weighted by atomic mass is 9.74. The van der Waals surface area contributed by atoms with E-state index >= 15 is 0 Å². The highest BCUT2D eigenvalue weighted by Crippen LogP contribution is 2.57. The fraction of sp³-hybridized carbons (Fsp3) is 0.500. The van der Waals surface area contributed by atoms with Crippen molar-refractivity contribution in [3.8, 4) is 11.5 Å². The van der Waals surface area contributed by atoms with Gasteiger partial charge in [-0.1, -0.05) is 13.0 Å². The lowest BCUT2D eigenvalue weighted by Gasteiger charge is -2.50. The molecule has 1 aromatic heterocycles. The van der Waals surface area contributed by atoms with Crippen LogP contribution in [0.2, 0.25) is 0 Å². The van der Waals surface area contributed by atoms with Crippen LogP contribution in [-0.2, 0) is 0 Å². The van der Waals surface area contributed by atoms with E-state index in [4.69, 9.17) is 15.2 Å². The van der Waals surface area contributed by atoms with Crippen LogP contribution < -0.4 is 15.2 Å². The highest BCUT2D eigenvalue weighted by atomic mass is 32.1. The number of methoxy groups -OCH3 is 2. The molecule has 3 aliphatic rings. The molecule has 3 unspecified atom stereocenters. The molecule has 24 heavy (non-hydrogen) atoms. The third kappa shape index (κ3) is 2.20. The first-order valence-corrected chi connectivity index (χ1v) is 9.23. The van der Waals surface area contributed by atoms with Gasteiger partial charge in [0.05, 0.1) is 19.9 Å². The van der Waals surface area contributed by atoms with Crippen LogP contribution in [0.1, 0.15) is 53.9 Å². The molecular formula is C18H23N3O2S. The number of nitrogen functional groups attached to an aromatic ring is 1. The van der Waals surface area contributed by atoms with Crippen molar-refractivity contribution < 1.29 is 9.47 Å². The summed E-state index contributed by atoms with van der Waals surface area (Å²) >= 11 is 1.66. The number of fused-ring (bicyclic) bond motifs is 2. The molecule has 1 aromatic carbocycles. The van der Waals surface area contributed by atoms with Crippen molar-refractivity contribution in [1.82, 2.24) is 9.88 Å². The van der Waals surface area contributed by atoms with Gasteiger partial charge < -0.3 is 15.2 Å². The first kappa shape index (κ1) is 15.7. The van der Waals surface area contributed by atoms with E-state index in [2.05, 4.69) is 28.9 Å². The Hall–Kier alpha value is -1.79. The summed E-state index contributed by atoms with van der Waals surface area (Å²) in [5, 5.41) is 0.695. The van der Waals surface area contributed by atoms with Crippen LogP contribution in [0.25, 0.3) is 0 Å². The quantitative estimate of drug-likeness (QED) is 0.915. The highest BCUT2D eigenvalue weighted by Gasteiger charge is 2.47. The Kier molecular flexibility index (Phi) is 3.89. The minimum absolute atomic E-state index is 0.322. The average molecular weight is 345 g/mol. The van der Waals surface area contributed by atoms with Gasteiger partial charge in [-0.05, 0) is 37.1 Å². The van der Waals surface area contributed by atoms with Crippen molar-refractivity contribution in [3.63, 3.8) is 0 Å². The van der Waals surface area contributed by atoms with Crippen molar-refractivity contribution in [2.45, 2.75) is 37.8 Å². The fourth-order valence-electron chi connectivity index (χ4n) is 4.40. The number of piperidine rings is 1. The second-order valence-corrected chi connectivity index (χ2v) is 7.45. The molecule has 128 valence electrons. The van der Waals surface area contributed by atoms with Crippen molar-refractivity contribution >= 4 is 16.5 Å². The molecule has 6 heteroatoms. The maximum absolute atomic E-state index is 6.02. The molecule has 1 aliphatic carbocycles. The summed E-state index contributed by atoms with van der Waals surface area (Å²) in [6.45, 7) is 3.25. The van der Waals surface area contributed by atoms with Crippen molar-refractivity contribution in [2.24, 2.45) is 0 Å². The number of anilines is 1. The summed E-state index contributed by atoms with van der Waals surface area (Å²) in [5.74, 6) is 1.95. The first-order valence-electron chi connectivity index (χ1n) is 8.41. The lowest BCUT2D eigenvalue weighted by molar-refractivity contribution is 0.0519. The molecule has 0 amide bonds. The number of ether oxygens (including phenoxy) is 2. The van der Waals surface area contributed by atoms with E-state index < -0.39 is 0 Å². The molecule has 5 nitrogen and oxygen atoms in total. The highest BCUT2D eigenvalue weighted by molar-refractivity contribution is 7.15. The third-order valence-electron chi connectivity index (χ3n) is 5.36. The fourth-order valence-corrected chi connectivity index (χ4v) is 5.46. The number of aromatic nitrogens is 1. The lowest BCUT2D eigenvalue weighted by Crippen LogP contribution is -2.44. The Morgan fingerprint density at radius 3 is 2.75 bits per heavy atom. The van der Waals surface area contributed by atoms with E-state index in [1.807, 2.05) is 6.07 Å². The summed E-state index contributed by atoms with van der Waals surface area (Å²) in [6.07, 6.45) is 2.35. The number of thiazole rings is 1. The number of hydrogen-bond donors (Lipinski definition) is 1. The molecule has 2 bridgehead atoms. The van der Waals surface area contributed by atoms with Gasteiger partial charge >= 0.3 is 0 Å². The number of rotatable bonds is 4. The van der Waals surface area contributed by atoms with Gasteiger partial charge in [-0.15, -0.1) is 11.3 Å². The second-order valence-electron chi connectivity index (χ2n) is 6.39. The SMILES string of the molecule is CCN1C2CCC(c3nc(N)sc32)C1c1ccc(OC)c(OC)c1. The van der Waals surface area contributed by atoms with Gasteiger partial charge in [0, 0.05) is 22.9 Å². The number of nitrogens with zero attached hydrogens (tertiary/aromatic N) is 2.